The number of ether oxygens (including phenoxy) is 1. The summed E-state index contributed by atoms with van der Waals surface area (Å²) in [5, 5.41) is 0. The van der Waals surface area contributed by atoms with Gasteiger partial charge >= 0.3 is 0 Å². The fourth-order valence-corrected chi connectivity index (χ4v) is 2.73. The molecule has 2 aliphatic rings. The van der Waals surface area contributed by atoms with Gasteiger partial charge in [0.05, 0.1) is 5.60 Å². The van der Waals surface area contributed by atoms with Crippen molar-refractivity contribution in [3.05, 3.63) is 0 Å². The Morgan fingerprint density at radius 2 is 1.62 bits per heavy atom. The second-order valence-electron chi connectivity index (χ2n) is 4.65. The number of hydrogen-bond acceptors (Lipinski definition) is 2. The van der Waals surface area contributed by atoms with Crippen LogP contribution in [0.4, 0.5) is 0 Å². The summed E-state index contributed by atoms with van der Waals surface area (Å²) in [5.41, 5.74) is 0.307. The molecule has 0 N–H and O–H groups in total. The summed E-state index contributed by atoms with van der Waals surface area (Å²) < 4.78 is 5.93. The van der Waals surface area contributed by atoms with Gasteiger partial charge in [-0.2, -0.15) is 0 Å². The van der Waals surface area contributed by atoms with Crippen molar-refractivity contribution in [3.63, 3.8) is 0 Å². The quantitative estimate of drug-likeness (QED) is 0.570. The molecule has 0 saturated carbocycles. The van der Waals surface area contributed by atoms with Crippen LogP contribution in [-0.2, 0) is 4.74 Å². The minimum atomic E-state index is 0.307. The maximum absolute atomic E-state index is 5.93. The standard InChI is InChI=1S/C11H21NO/c1-12-8-2-5-11(6-3-9-12)7-4-10-13-11/h2-10H2,1H3. The highest BCUT2D eigenvalue weighted by atomic mass is 16.5. The Morgan fingerprint density at radius 3 is 2.15 bits per heavy atom. The van der Waals surface area contributed by atoms with Gasteiger partial charge in [-0.15, -0.1) is 0 Å². The molecule has 2 fully saturated rings. The average molecular weight is 183 g/mol. The van der Waals surface area contributed by atoms with Crippen LogP contribution in [0, 0.1) is 0 Å². The number of nitrogens with zero attached hydrogens (tertiary/aromatic N) is 1. The second kappa shape index (κ2) is 3.97. The Bertz CT molecular complexity index is 151. The van der Waals surface area contributed by atoms with Crippen molar-refractivity contribution in [2.45, 2.75) is 44.1 Å². The molecule has 0 aromatic heterocycles. The molecule has 0 atom stereocenters. The highest BCUT2D eigenvalue weighted by Crippen LogP contribution is 2.35. The zero-order chi connectivity index (χ0) is 9.15. The van der Waals surface area contributed by atoms with Gasteiger partial charge in [-0.25, -0.2) is 0 Å². The summed E-state index contributed by atoms with van der Waals surface area (Å²) >= 11 is 0. The molecule has 2 heteroatoms. The Morgan fingerprint density at radius 1 is 1.00 bits per heavy atom. The molecule has 76 valence electrons. The largest absolute Gasteiger partial charge is 0.375 e. The van der Waals surface area contributed by atoms with E-state index in [9.17, 15) is 0 Å². The number of rotatable bonds is 0. The van der Waals surface area contributed by atoms with Gasteiger partial charge in [0.25, 0.3) is 0 Å². The van der Waals surface area contributed by atoms with Gasteiger partial charge in [0.15, 0.2) is 0 Å². The molecule has 0 amide bonds. The van der Waals surface area contributed by atoms with Crippen LogP contribution in [0.15, 0.2) is 0 Å². The summed E-state index contributed by atoms with van der Waals surface area (Å²) in [5.74, 6) is 0. The summed E-state index contributed by atoms with van der Waals surface area (Å²) in [6.45, 7) is 3.52. The van der Waals surface area contributed by atoms with Crippen LogP contribution in [0.1, 0.15) is 38.5 Å². The van der Waals surface area contributed by atoms with E-state index in [1.807, 2.05) is 0 Å². The maximum atomic E-state index is 5.93. The number of likely N-dealkylation sites (tertiary alicyclic amines) is 1. The van der Waals surface area contributed by atoms with E-state index in [0.717, 1.165) is 6.61 Å². The topological polar surface area (TPSA) is 12.5 Å². The van der Waals surface area contributed by atoms with Crippen LogP contribution in [0.3, 0.4) is 0 Å². The van der Waals surface area contributed by atoms with Crippen molar-refractivity contribution in [3.8, 4) is 0 Å². The lowest BCUT2D eigenvalue weighted by Crippen LogP contribution is -2.34. The third kappa shape index (κ3) is 2.23. The van der Waals surface area contributed by atoms with Gasteiger partial charge in [-0.05, 0) is 58.7 Å². The number of hydrogen-bond donors (Lipinski definition) is 0. The van der Waals surface area contributed by atoms with E-state index in [2.05, 4.69) is 11.9 Å². The van der Waals surface area contributed by atoms with Gasteiger partial charge in [-0.1, -0.05) is 0 Å². The molecular formula is C11H21NO. The first-order chi connectivity index (χ1) is 6.31. The molecule has 0 unspecified atom stereocenters. The van der Waals surface area contributed by atoms with Crippen LogP contribution in [0.2, 0.25) is 0 Å². The monoisotopic (exact) mass is 183 g/mol. The molecule has 2 aliphatic heterocycles. The van der Waals surface area contributed by atoms with Gasteiger partial charge in [-0.3, -0.25) is 0 Å². The zero-order valence-electron chi connectivity index (χ0n) is 8.72. The lowest BCUT2D eigenvalue weighted by Gasteiger charge is -2.32. The van der Waals surface area contributed by atoms with Crippen LogP contribution < -0.4 is 0 Å². The second-order valence-corrected chi connectivity index (χ2v) is 4.65. The first kappa shape index (κ1) is 9.47. The van der Waals surface area contributed by atoms with Crippen LogP contribution in [-0.4, -0.2) is 37.2 Å². The lowest BCUT2D eigenvalue weighted by atomic mass is 9.88. The van der Waals surface area contributed by atoms with Gasteiger partial charge in [0.1, 0.15) is 0 Å². The van der Waals surface area contributed by atoms with Crippen molar-refractivity contribution in [2.24, 2.45) is 0 Å². The molecule has 0 aromatic rings. The Kier molecular flexibility index (Phi) is 2.89. The predicted molar refractivity (Wildman–Crippen MR) is 53.9 cm³/mol. The molecule has 2 saturated heterocycles. The van der Waals surface area contributed by atoms with Crippen LogP contribution in [0.5, 0.6) is 0 Å². The molecule has 13 heavy (non-hydrogen) atoms. The molecule has 0 aromatic carbocycles. The van der Waals surface area contributed by atoms with Gasteiger partial charge < -0.3 is 9.64 Å². The highest BCUT2D eigenvalue weighted by molar-refractivity contribution is 4.86. The molecule has 2 heterocycles. The Labute approximate surface area is 81.3 Å². The highest BCUT2D eigenvalue weighted by Gasteiger charge is 2.34. The molecule has 2 rings (SSSR count). The van der Waals surface area contributed by atoms with Crippen molar-refractivity contribution >= 4 is 0 Å². The minimum absolute atomic E-state index is 0.307. The fourth-order valence-electron chi connectivity index (χ4n) is 2.73. The minimum Gasteiger partial charge on any atom is -0.375 e. The average Bonchev–Trinajstić information content (AvgIpc) is 2.51. The molecule has 0 radical (unpaired) electrons. The normalized spacial score (nSPS) is 30.2. The maximum Gasteiger partial charge on any atom is 0.0684 e. The summed E-state index contributed by atoms with van der Waals surface area (Å²) in [4.78, 5) is 2.45. The first-order valence-electron chi connectivity index (χ1n) is 5.63. The summed E-state index contributed by atoms with van der Waals surface area (Å²) in [6.07, 6.45) is 7.81. The van der Waals surface area contributed by atoms with Crippen molar-refractivity contribution < 1.29 is 4.74 Å². The third-order valence-corrected chi connectivity index (χ3v) is 3.53. The fraction of sp³-hybridized carbons (Fsp3) is 1.00. The van der Waals surface area contributed by atoms with E-state index in [-0.39, 0.29) is 0 Å². The molecule has 1 spiro atoms. The van der Waals surface area contributed by atoms with Crippen LogP contribution in [0.25, 0.3) is 0 Å². The van der Waals surface area contributed by atoms with Gasteiger partial charge in [0.2, 0.25) is 0 Å². The molecular weight excluding hydrogens is 162 g/mol. The molecule has 2 nitrogen and oxygen atoms in total. The van der Waals surface area contributed by atoms with E-state index in [1.165, 1.54) is 51.6 Å². The van der Waals surface area contributed by atoms with Gasteiger partial charge in [0, 0.05) is 6.61 Å². The Balaban J connectivity index is 1.90. The van der Waals surface area contributed by atoms with E-state index < -0.39 is 0 Å². The molecule has 0 bridgehead atoms. The van der Waals surface area contributed by atoms with Crippen molar-refractivity contribution in [1.29, 1.82) is 0 Å². The predicted octanol–water partition coefficient (Wildman–Crippen LogP) is 2.04. The van der Waals surface area contributed by atoms with E-state index in [1.54, 1.807) is 0 Å². The Hall–Kier alpha value is -0.0800. The van der Waals surface area contributed by atoms with E-state index >= 15 is 0 Å². The smallest absolute Gasteiger partial charge is 0.0684 e. The molecule has 0 aliphatic carbocycles. The lowest BCUT2D eigenvalue weighted by molar-refractivity contribution is -0.0203. The van der Waals surface area contributed by atoms with Crippen molar-refractivity contribution in [2.75, 3.05) is 26.7 Å². The van der Waals surface area contributed by atoms with E-state index in [4.69, 9.17) is 4.74 Å². The van der Waals surface area contributed by atoms with Crippen LogP contribution >= 0.6 is 0 Å². The zero-order valence-corrected chi connectivity index (χ0v) is 8.72. The van der Waals surface area contributed by atoms with Crippen molar-refractivity contribution in [1.82, 2.24) is 4.90 Å². The third-order valence-electron chi connectivity index (χ3n) is 3.53. The first-order valence-corrected chi connectivity index (χ1v) is 5.63. The summed E-state index contributed by atoms with van der Waals surface area (Å²) in [6, 6.07) is 0. The summed E-state index contributed by atoms with van der Waals surface area (Å²) in [7, 11) is 2.23. The SMILES string of the molecule is CN1CCCC2(CCCO2)CCC1. The van der Waals surface area contributed by atoms with E-state index in [0.29, 0.717) is 5.60 Å².